The number of pyridine rings is 1. The topological polar surface area (TPSA) is 45.2 Å². The average molecular weight is 311 g/mol. The van der Waals surface area contributed by atoms with Gasteiger partial charge in [-0.05, 0) is 50.5 Å². The first-order valence-electron chi connectivity index (χ1n) is 8.04. The second kappa shape index (κ2) is 7.77. The molecule has 4 heteroatoms. The van der Waals surface area contributed by atoms with E-state index in [1.165, 1.54) is 5.56 Å². The third-order valence-corrected chi connectivity index (χ3v) is 4.00. The van der Waals surface area contributed by atoms with Crippen LogP contribution < -0.4 is 5.32 Å². The molecular weight excluding hydrogens is 286 g/mol. The lowest BCUT2D eigenvalue weighted by Gasteiger charge is -2.31. The molecule has 2 rings (SSSR count). The summed E-state index contributed by atoms with van der Waals surface area (Å²) in [6.45, 7) is 7.43. The molecule has 0 atom stereocenters. The van der Waals surface area contributed by atoms with Crippen molar-refractivity contribution in [2.45, 2.75) is 32.7 Å². The minimum atomic E-state index is -0.400. The highest BCUT2D eigenvalue weighted by Gasteiger charge is 2.24. The van der Waals surface area contributed by atoms with Crippen molar-refractivity contribution in [1.29, 1.82) is 0 Å². The maximum atomic E-state index is 12.6. The molecule has 0 unspecified atom stereocenters. The molecule has 0 saturated heterocycles. The smallest absolute Gasteiger partial charge is 0.318 e. The SMILES string of the molecule is CCN(CCc1ccncc1)C(=O)NC(C)(C)c1ccccc1. The average Bonchev–Trinajstić information content (AvgIpc) is 2.57. The van der Waals surface area contributed by atoms with E-state index in [0.717, 1.165) is 12.0 Å². The van der Waals surface area contributed by atoms with Gasteiger partial charge in [0.1, 0.15) is 0 Å². The monoisotopic (exact) mass is 311 g/mol. The van der Waals surface area contributed by atoms with Crippen molar-refractivity contribution in [3.8, 4) is 0 Å². The Morgan fingerprint density at radius 2 is 1.78 bits per heavy atom. The van der Waals surface area contributed by atoms with Crippen molar-refractivity contribution in [1.82, 2.24) is 15.2 Å². The fourth-order valence-electron chi connectivity index (χ4n) is 2.49. The number of hydrogen-bond donors (Lipinski definition) is 1. The summed E-state index contributed by atoms with van der Waals surface area (Å²) in [5.74, 6) is 0. The highest BCUT2D eigenvalue weighted by atomic mass is 16.2. The van der Waals surface area contributed by atoms with Gasteiger partial charge in [0.15, 0.2) is 0 Å². The van der Waals surface area contributed by atoms with Gasteiger partial charge in [-0.25, -0.2) is 4.79 Å². The third-order valence-electron chi connectivity index (χ3n) is 4.00. The largest absolute Gasteiger partial charge is 0.329 e. The lowest BCUT2D eigenvalue weighted by molar-refractivity contribution is 0.190. The van der Waals surface area contributed by atoms with Crippen molar-refractivity contribution < 1.29 is 4.79 Å². The Hall–Kier alpha value is -2.36. The zero-order chi connectivity index (χ0) is 16.7. The molecule has 0 saturated carbocycles. The number of aromatic nitrogens is 1. The van der Waals surface area contributed by atoms with Crippen molar-refractivity contribution in [2.24, 2.45) is 0 Å². The number of nitrogens with zero attached hydrogens (tertiary/aromatic N) is 2. The number of benzene rings is 1. The van der Waals surface area contributed by atoms with E-state index < -0.39 is 5.54 Å². The van der Waals surface area contributed by atoms with E-state index in [1.807, 2.05) is 68.1 Å². The van der Waals surface area contributed by atoms with Crippen LogP contribution >= 0.6 is 0 Å². The van der Waals surface area contributed by atoms with E-state index in [4.69, 9.17) is 0 Å². The number of carbonyl (C=O) groups excluding carboxylic acids is 1. The summed E-state index contributed by atoms with van der Waals surface area (Å²) in [6.07, 6.45) is 4.39. The van der Waals surface area contributed by atoms with E-state index >= 15 is 0 Å². The summed E-state index contributed by atoms with van der Waals surface area (Å²) >= 11 is 0. The second-order valence-corrected chi connectivity index (χ2v) is 6.11. The normalized spacial score (nSPS) is 11.1. The molecule has 0 aliphatic carbocycles. The van der Waals surface area contributed by atoms with Crippen LogP contribution in [0.3, 0.4) is 0 Å². The van der Waals surface area contributed by atoms with Crippen LogP contribution in [0.5, 0.6) is 0 Å². The zero-order valence-electron chi connectivity index (χ0n) is 14.1. The summed E-state index contributed by atoms with van der Waals surface area (Å²) in [5, 5.41) is 3.13. The van der Waals surface area contributed by atoms with Gasteiger partial charge in [0.05, 0.1) is 5.54 Å². The molecule has 0 fully saturated rings. The molecule has 0 aliphatic heterocycles. The molecule has 122 valence electrons. The van der Waals surface area contributed by atoms with Crippen LogP contribution in [0, 0.1) is 0 Å². The fraction of sp³-hybridized carbons (Fsp3) is 0.368. The van der Waals surface area contributed by atoms with Gasteiger partial charge in [-0.3, -0.25) is 4.98 Å². The van der Waals surface area contributed by atoms with Gasteiger partial charge in [0.25, 0.3) is 0 Å². The minimum absolute atomic E-state index is 0.0320. The van der Waals surface area contributed by atoms with Gasteiger partial charge in [0.2, 0.25) is 0 Å². The van der Waals surface area contributed by atoms with Crippen LogP contribution in [-0.2, 0) is 12.0 Å². The molecule has 0 aliphatic rings. The summed E-state index contributed by atoms with van der Waals surface area (Å²) in [5.41, 5.74) is 1.88. The summed E-state index contributed by atoms with van der Waals surface area (Å²) in [7, 11) is 0. The van der Waals surface area contributed by atoms with Crippen molar-refractivity contribution in [3.63, 3.8) is 0 Å². The molecule has 1 N–H and O–H groups in total. The Morgan fingerprint density at radius 1 is 1.13 bits per heavy atom. The fourth-order valence-corrected chi connectivity index (χ4v) is 2.49. The number of rotatable bonds is 6. The van der Waals surface area contributed by atoms with Gasteiger partial charge < -0.3 is 10.2 Å². The maximum absolute atomic E-state index is 12.6. The molecular formula is C19H25N3O. The molecule has 2 amide bonds. The molecule has 0 radical (unpaired) electrons. The lowest BCUT2D eigenvalue weighted by Crippen LogP contribution is -2.48. The number of carbonyl (C=O) groups is 1. The number of likely N-dealkylation sites (N-methyl/N-ethyl adjacent to an activating group) is 1. The van der Waals surface area contributed by atoms with E-state index in [0.29, 0.717) is 13.1 Å². The van der Waals surface area contributed by atoms with Gasteiger partial charge in [-0.2, -0.15) is 0 Å². The summed E-state index contributed by atoms with van der Waals surface area (Å²) < 4.78 is 0. The van der Waals surface area contributed by atoms with Crippen LogP contribution in [0.4, 0.5) is 4.79 Å². The van der Waals surface area contributed by atoms with E-state index in [1.54, 1.807) is 12.4 Å². The van der Waals surface area contributed by atoms with Crippen LogP contribution in [0.1, 0.15) is 31.9 Å². The molecule has 23 heavy (non-hydrogen) atoms. The predicted octanol–water partition coefficient (Wildman–Crippen LogP) is 3.59. The second-order valence-electron chi connectivity index (χ2n) is 6.11. The third kappa shape index (κ3) is 4.81. The molecule has 4 nitrogen and oxygen atoms in total. The molecule has 0 bridgehead atoms. The van der Waals surface area contributed by atoms with Crippen molar-refractivity contribution >= 4 is 6.03 Å². The quantitative estimate of drug-likeness (QED) is 0.886. The minimum Gasteiger partial charge on any atom is -0.329 e. The van der Waals surface area contributed by atoms with Gasteiger partial charge in [-0.1, -0.05) is 30.3 Å². The summed E-state index contributed by atoms with van der Waals surface area (Å²) in [6, 6.07) is 14.0. The first-order chi connectivity index (χ1) is 11.0. The van der Waals surface area contributed by atoms with E-state index in [2.05, 4.69) is 10.3 Å². The van der Waals surface area contributed by atoms with Crippen molar-refractivity contribution in [2.75, 3.05) is 13.1 Å². The Bertz CT molecular complexity index is 611. The van der Waals surface area contributed by atoms with Crippen LogP contribution in [0.25, 0.3) is 0 Å². The Kier molecular flexibility index (Phi) is 5.74. The van der Waals surface area contributed by atoms with Gasteiger partial charge in [0, 0.05) is 25.5 Å². The Labute approximate surface area is 138 Å². The highest BCUT2D eigenvalue weighted by molar-refractivity contribution is 5.75. The number of nitrogens with one attached hydrogen (secondary N) is 1. The summed E-state index contributed by atoms with van der Waals surface area (Å²) in [4.78, 5) is 18.4. The highest BCUT2D eigenvalue weighted by Crippen LogP contribution is 2.19. The molecule has 1 aromatic carbocycles. The van der Waals surface area contributed by atoms with Crippen molar-refractivity contribution in [3.05, 3.63) is 66.0 Å². The Balaban J connectivity index is 1.97. The van der Waals surface area contributed by atoms with E-state index in [9.17, 15) is 4.79 Å². The lowest BCUT2D eigenvalue weighted by atomic mass is 9.94. The number of hydrogen-bond acceptors (Lipinski definition) is 2. The predicted molar refractivity (Wildman–Crippen MR) is 93.2 cm³/mol. The first kappa shape index (κ1) is 17.0. The van der Waals surface area contributed by atoms with Crippen LogP contribution in [0.15, 0.2) is 54.9 Å². The molecule has 2 aromatic rings. The zero-order valence-corrected chi connectivity index (χ0v) is 14.1. The number of amides is 2. The number of urea groups is 1. The van der Waals surface area contributed by atoms with Gasteiger partial charge >= 0.3 is 6.03 Å². The molecule has 1 aromatic heterocycles. The molecule has 0 spiro atoms. The molecule has 1 heterocycles. The Morgan fingerprint density at radius 3 is 2.39 bits per heavy atom. The van der Waals surface area contributed by atoms with Gasteiger partial charge in [-0.15, -0.1) is 0 Å². The standard InChI is InChI=1S/C19H25N3O/c1-4-22(15-12-16-10-13-20-14-11-16)18(23)21-19(2,3)17-8-6-5-7-9-17/h5-11,13-14H,4,12,15H2,1-3H3,(H,21,23). The first-order valence-corrected chi connectivity index (χ1v) is 8.04. The van der Waals surface area contributed by atoms with Crippen LogP contribution in [-0.4, -0.2) is 29.0 Å². The maximum Gasteiger partial charge on any atom is 0.318 e. The van der Waals surface area contributed by atoms with Crippen LogP contribution in [0.2, 0.25) is 0 Å². The van der Waals surface area contributed by atoms with E-state index in [-0.39, 0.29) is 6.03 Å².